The van der Waals surface area contributed by atoms with E-state index in [9.17, 15) is 0 Å². The number of aromatic nitrogens is 1. The van der Waals surface area contributed by atoms with Gasteiger partial charge in [0.15, 0.2) is 0 Å². The van der Waals surface area contributed by atoms with Crippen LogP contribution in [0.25, 0.3) is 11.1 Å². The maximum atomic E-state index is 5.77. The highest BCUT2D eigenvalue weighted by Crippen LogP contribution is 2.36. The van der Waals surface area contributed by atoms with Gasteiger partial charge in [-0.05, 0) is 23.3 Å². The molecule has 3 rings (SSSR count). The molecule has 1 N–H and O–H groups in total. The summed E-state index contributed by atoms with van der Waals surface area (Å²) in [5.41, 5.74) is 4.04. The van der Waals surface area contributed by atoms with E-state index in [0.717, 1.165) is 28.0 Å². The lowest BCUT2D eigenvalue weighted by Gasteiger charge is -2.20. The maximum Gasteiger partial charge on any atom is 0.223 e. The molecule has 2 aromatic rings. The van der Waals surface area contributed by atoms with Crippen LogP contribution in [0.15, 0.2) is 30.3 Å². The molecule has 0 saturated carbocycles. The van der Waals surface area contributed by atoms with Crippen LogP contribution < -0.4 is 15.5 Å². The minimum Gasteiger partial charge on any atom is -0.472 e. The molecule has 3 nitrogen and oxygen atoms in total. The standard InChI is InChI=1S/C13H11BN2O.C2H6/c1-15-12-5-4-11-10-3-2-9(14)6-8(10)7-17-13(11)16-12;1-2/h2-6H,7H2,1H3,(H,15,16);1-2H3. The molecule has 0 aliphatic carbocycles. The van der Waals surface area contributed by atoms with Crippen molar-refractivity contribution in [3.05, 3.63) is 35.9 Å². The summed E-state index contributed by atoms with van der Waals surface area (Å²) in [4.78, 5) is 4.39. The second kappa shape index (κ2) is 5.78. The number of ether oxygens (including phenoxy) is 1. The molecule has 19 heavy (non-hydrogen) atoms. The van der Waals surface area contributed by atoms with Gasteiger partial charge >= 0.3 is 0 Å². The van der Waals surface area contributed by atoms with Crippen LogP contribution >= 0.6 is 0 Å². The molecular formula is C15H17BN2O. The van der Waals surface area contributed by atoms with E-state index in [-0.39, 0.29) is 0 Å². The summed E-state index contributed by atoms with van der Waals surface area (Å²) in [5, 5.41) is 3.00. The van der Waals surface area contributed by atoms with Crippen LogP contribution in [-0.4, -0.2) is 19.9 Å². The monoisotopic (exact) mass is 252 g/mol. The number of fused-ring (bicyclic) bond motifs is 3. The Labute approximate surface area is 115 Å². The largest absolute Gasteiger partial charge is 0.472 e. The molecule has 0 fully saturated rings. The SMILES string of the molecule is CC.[B]c1ccc2c(c1)COc1nc(NC)ccc1-2. The van der Waals surface area contributed by atoms with E-state index in [1.165, 1.54) is 0 Å². The predicted molar refractivity (Wildman–Crippen MR) is 80.3 cm³/mol. The van der Waals surface area contributed by atoms with Crippen LogP contribution in [0.3, 0.4) is 0 Å². The summed E-state index contributed by atoms with van der Waals surface area (Å²) >= 11 is 0. The van der Waals surface area contributed by atoms with Gasteiger partial charge in [-0.1, -0.05) is 37.5 Å². The Balaban J connectivity index is 0.000000637. The Morgan fingerprint density at radius 2 is 1.89 bits per heavy atom. The van der Waals surface area contributed by atoms with Crippen molar-refractivity contribution in [1.29, 1.82) is 0 Å². The van der Waals surface area contributed by atoms with E-state index in [2.05, 4.69) is 10.3 Å². The third kappa shape index (κ3) is 2.57. The highest BCUT2D eigenvalue weighted by molar-refractivity contribution is 6.32. The van der Waals surface area contributed by atoms with Crippen molar-refractivity contribution >= 4 is 19.1 Å². The number of pyridine rings is 1. The summed E-state index contributed by atoms with van der Waals surface area (Å²) in [5.74, 6) is 1.48. The van der Waals surface area contributed by atoms with Crippen molar-refractivity contribution in [1.82, 2.24) is 4.98 Å². The molecule has 1 aromatic heterocycles. The molecule has 96 valence electrons. The number of nitrogens with one attached hydrogen (secondary N) is 1. The molecule has 0 unspecified atom stereocenters. The number of hydrogen-bond acceptors (Lipinski definition) is 3. The summed E-state index contributed by atoms with van der Waals surface area (Å²) < 4.78 is 5.64. The van der Waals surface area contributed by atoms with Gasteiger partial charge in [0.1, 0.15) is 20.3 Å². The van der Waals surface area contributed by atoms with Crippen molar-refractivity contribution in [2.45, 2.75) is 20.5 Å². The summed E-state index contributed by atoms with van der Waals surface area (Å²) in [6.45, 7) is 4.52. The Bertz CT molecular complexity index is 584. The number of nitrogens with zero attached hydrogens (tertiary/aromatic N) is 1. The van der Waals surface area contributed by atoms with E-state index in [4.69, 9.17) is 12.6 Å². The molecular weight excluding hydrogens is 235 g/mol. The van der Waals surface area contributed by atoms with E-state index in [0.29, 0.717) is 12.5 Å². The van der Waals surface area contributed by atoms with E-state index < -0.39 is 0 Å². The minimum absolute atomic E-state index is 0.521. The third-order valence-corrected chi connectivity index (χ3v) is 2.90. The lowest BCUT2D eigenvalue weighted by molar-refractivity contribution is 0.290. The molecule has 1 aliphatic heterocycles. The van der Waals surface area contributed by atoms with Crippen LogP contribution in [0.2, 0.25) is 0 Å². The molecule has 0 bridgehead atoms. The van der Waals surface area contributed by atoms with Crippen LogP contribution in [0, 0.1) is 0 Å². The highest BCUT2D eigenvalue weighted by atomic mass is 16.5. The van der Waals surface area contributed by atoms with Gasteiger partial charge in [0.05, 0.1) is 0 Å². The number of hydrogen-bond donors (Lipinski definition) is 1. The molecule has 0 spiro atoms. The number of anilines is 1. The zero-order chi connectivity index (χ0) is 13.8. The highest BCUT2D eigenvalue weighted by Gasteiger charge is 2.18. The van der Waals surface area contributed by atoms with E-state index in [1.807, 2.05) is 51.2 Å². The average Bonchev–Trinajstić information content (AvgIpc) is 2.48. The Morgan fingerprint density at radius 3 is 2.63 bits per heavy atom. The topological polar surface area (TPSA) is 34.1 Å². The van der Waals surface area contributed by atoms with Crippen molar-refractivity contribution < 1.29 is 4.74 Å². The fourth-order valence-electron chi connectivity index (χ4n) is 2.04. The number of rotatable bonds is 1. The van der Waals surface area contributed by atoms with Gasteiger partial charge in [-0.2, -0.15) is 4.98 Å². The second-order valence-electron chi connectivity index (χ2n) is 4.00. The van der Waals surface area contributed by atoms with Gasteiger partial charge in [-0.25, -0.2) is 0 Å². The summed E-state index contributed by atoms with van der Waals surface area (Å²) in [6, 6.07) is 9.83. The molecule has 0 atom stereocenters. The van der Waals surface area contributed by atoms with Crippen molar-refractivity contribution in [3.63, 3.8) is 0 Å². The zero-order valence-electron chi connectivity index (χ0n) is 11.5. The number of benzene rings is 1. The first-order valence-corrected chi connectivity index (χ1v) is 6.48. The van der Waals surface area contributed by atoms with Crippen LogP contribution in [0.5, 0.6) is 5.88 Å². The summed E-state index contributed by atoms with van der Waals surface area (Å²) in [6.07, 6.45) is 0. The normalized spacial score (nSPS) is 11.3. The molecule has 1 aliphatic rings. The lowest BCUT2D eigenvalue weighted by Crippen LogP contribution is -2.12. The van der Waals surface area contributed by atoms with Gasteiger partial charge in [-0.15, -0.1) is 0 Å². The Kier molecular flexibility index (Phi) is 4.10. The van der Waals surface area contributed by atoms with Crippen molar-refractivity contribution in [3.8, 4) is 17.0 Å². The van der Waals surface area contributed by atoms with Gasteiger partial charge < -0.3 is 10.1 Å². The first-order valence-electron chi connectivity index (χ1n) is 6.48. The van der Waals surface area contributed by atoms with Gasteiger partial charge in [0.2, 0.25) is 5.88 Å². The second-order valence-corrected chi connectivity index (χ2v) is 4.00. The first-order chi connectivity index (χ1) is 9.28. The van der Waals surface area contributed by atoms with E-state index in [1.54, 1.807) is 0 Å². The van der Waals surface area contributed by atoms with Crippen LogP contribution in [0.4, 0.5) is 5.82 Å². The Morgan fingerprint density at radius 1 is 1.16 bits per heavy atom. The van der Waals surface area contributed by atoms with Gasteiger partial charge in [0, 0.05) is 12.6 Å². The molecule has 1 aromatic carbocycles. The average molecular weight is 252 g/mol. The van der Waals surface area contributed by atoms with Crippen LogP contribution in [-0.2, 0) is 6.61 Å². The van der Waals surface area contributed by atoms with Gasteiger partial charge in [0.25, 0.3) is 0 Å². The molecule has 4 heteroatoms. The molecule has 0 saturated heterocycles. The Hall–Kier alpha value is -1.97. The lowest BCUT2D eigenvalue weighted by atomic mass is 9.89. The smallest absolute Gasteiger partial charge is 0.223 e. The minimum atomic E-state index is 0.521. The van der Waals surface area contributed by atoms with Crippen molar-refractivity contribution in [2.75, 3.05) is 12.4 Å². The van der Waals surface area contributed by atoms with E-state index >= 15 is 0 Å². The third-order valence-electron chi connectivity index (χ3n) is 2.90. The maximum absolute atomic E-state index is 5.77. The molecule has 2 heterocycles. The predicted octanol–water partition coefficient (Wildman–Crippen LogP) is 2.50. The zero-order valence-corrected chi connectivity index (χ0v) is 11.5. The quantitative estimate of drug-likeness (QED) is 0.792. The molecule has 0 amide bonds. The van der Waals surface area contributed by atoms with Crippen molar-refractivity contribution in [2.24, 2.45) is 0 Å². The molecule has 2 radical (unpaired) electrons. The summed E-state index contributed by atoms with van der Waals surface area (Å²) in [7, 11) is 7.61. The fraction of sp³-hybridized carbons (Fsp3) is 0.267. The first kappa shape index (κ1) is 13.5. The fourth-order valence-corrected chi connectivity index (χ4v) is 2.04. The van der Waals surface area contributed by atoms with Gasteiger partial charge in [-0.3, -0.25) is 0 Å². The van der Waals surface area contributed by atoms with Crippen LogP contribution in [0.1, 0.15) is 19.4 Å².